The molecule has 0 aromatic heterocycles. The molecule has 0 radical (unpaired) electrons. The van der Waals surface area contributed by atoms with Crippen LogP contribution >= 0.6 is 0 Å². The maximum absolute atomic E-state index is 13.6. The van der Waals surface area contributed by atoms with Crippen LogP contribution in [-0.2, 0) is 9.53 Å². The van der Waals surface area contributed by atoms with E-state index in [-0.39, 0.29) is 12.2 Å². The molecule has 1 N–H and O–H groups in total. The number of alkyl halides is 3. The lowest BCUT2D eigenvalue weighted by molar-refractivity contribution is -0.286. The van der Waals surface area contributed by atoms with E-state index in [1.54, 1.807) is 24.3 Å². The molecule has 0 aliphatic carbocycles. The third kappa shape index (κ3) is 2.16. The fourth-order valence-electron chi connectivity index (χ4n) is 2.88. The minimum absolute atomic E-state index is 0.175. The van der Waals surface area contributed by atoms with Gasteiger partial charge in [0, 0.05) is 12.2 Å². The van der Waals surface area contributed by atoms with E-state index < -0.39 is 24.0 Å². The van der Waals surface area contributed by atoms with Gasteiger partial charge in [0.05, 0.1) is 0 Å². The third-order valence-electron chi connectivity index (χ3n) is 3.93. The number of hydrogen-bond donors (Lipinski definition) is 1. The molecule has 1 aromatic rings. The molecule has 114 valence electrons. The van der Waals surface area contributed by atoms with Crippen molar-refractivity contribution in [3.63, 3.8) is 0 Å². The number of carbonyl (C=O) groups is 1. The maximum Gasteiger partial charge on any atom is 0.465 e. The Labute approximate surface area is 119 Å². The van der Waals surface area contributed by atoms with Crippen molar-refractivity contribution in [2.24, 2.45) is 0 Å². The van der Waals surface area contributed by atoms with Crippen LogP contribution in [0.15, 0.2) is 24.3 Å². The fourth-order valence-corrected chi connectivity index (χ4v) is 2.88. The van der Waals surface area contributed by atoms with E-state index >= 15 is 0 Å². The molecule has 7 heteroatoms. The van der Waals surface area contributed by atoms with Gasteiger partial charge < -0.3 is 10.1 Å². The molecule has 3 rings (SSSR count). The number of nitrogens with one attached hydrogen (secondary N) is 1. The molecule has 0 saturated carbocycles. The summed E-state index contributed by atoms with van der Waals surface area (Å²) in [5.74, 6) is -3.58. The van der Waals surface area contributed by atoms with Crippen LogP contribution in [0.1, 0.15) is 18.4 Å². The van der Waals surface area contributed by atoms with Gasteiger partial charge in [-0.2, -0.15) is 13.2 Å². The quantitative estimate of drug-likeness (QED) is 0.853. The van der Waals surface area contributed by atoms with Gasteiger partial charge >= 0.3 is 18.0 Å². The van der Waals surface area contributed by atoms with Crippen LogP contribution in [0.25, 0.3) is 0 Å². The second kappa shape index (κ2) is 4.62. The summed E-state index contributed by atoms with van der Waals surface area (Å²) in [7, 11) is 0. The van der Waals surface area contributed by atoms with Crippen molar-refractivity contribution in [3.8, 4) is 0 Å². The lowest BCUT2D eigenvalue weighted by Crippen LogP contribution is -2.62. The number of fused-ring (bicyclic) bond motifs is 1. The zero-order chi connectivity index (χ0) is 15.3. The number of aryl methyl sites for hydroxylation is 1. The Morgan fingerprint density at radius 3 is 2.62 bits per heavy atom. The van der Waals surface area contributed by atoms with Crippen LogP contribution < -0.4 is 5.32 Å². The van der Waals surface area contributed by atoms with Crippen molar-refractivity contribution in [3.05, 3.63) is 29.8 Å². The predicted molar refractivity (Wildman–Crippen MR) is 69.4 cm³/mol. The first-order chi connectivity index (χ1) is 9.83. The Hall–Kier alpha value is -1.76. The first-order valence-electron chi connectivity index (χ1n) is 6.75. The molecular weight excluding hydrogens is 285 g/mol. The van der Waals surface area contributed by atoms with Crippen LogP contribution in [0, 0.1) is 6.92 Å². The highest BCUT2D eigenvalue weighted by molar-refractivity contribution is 5.79. The van der Waals surface area contributed by atoms with E-state index in [0.29, 0.717) is 12.8 Å². The van der Waals surface area contributed by atoms with Crippen LogP contribution in [0.5, 0.6) is 0 Å². The zero-order valence-corrected chi connectivity index (χ0v) is 11.4. The van der Waals surface area contributed by atoms with Crippen molar-refractivity contribution in [2.45, 2.75) is 37.8 Å². The number of cyclic esters (lactones) is 1. The first-order valence-corrected chi connectivity index (χ1v) is 6.75. The molecule has 2 fully saturated rings. The lowest BCUT2D eigenvalue weighted by atomic mass is 10.2. The highest BCUT2D eigenvalue weighted by atomic mass is 19.4. The van der Waals surface area contributed by atoms with Gasteiger partial charge in [0.25, 0.3) is 0 Å². The molecule has 2 aliphatic heterocycles. The summed E-state index contributed by atoms with van der Waals surface area (Å²) in [6.45, 7) is 2.02. The summed E-state index contributed by atoms with van der Waals surface area (Å²) in [6.07, 6.45) is -3.79. The van der Waals surface area contributed by atoms with E-state index in [9.17, 15) is 18.0 Å². The highest BCUT2D eigenvalue weighted by Gasteiger charge is 2.70. The summed E-state index contributed by atoms with van der Waals surface area (Å²) in [4.78, 5) is 12.8. The van der Waals surface area contributed by atoms with E-state index in [1.165, 1.54) is 0 Å². The first kappa shape index (κ1) is 14.2. The number of hydrogen-bond acceptors (Lipinski definition) is 4. The number of nitrogens with zero attached hydrogens (tertiary/aromatic N) is 1. The fraction of sp³-hybridized carbons (Fsp3) is 0.500. The molecule has 4 nitrogen and oxygen atoms in total. The normalized spacial score (nSPS) is 29.3. The van der Waals surface area contributed by atoms with Crippen molar-refractivity contribution in [2.75, 3.05) is 11.9 Å². The van der Waals surface area contributed by atoms with E-state index in [2.05, 4.69) is 5.32 Å². The minimum atomic E-state index is -4.73. The minimum Gasteiger partial charge on any atom is -0.414 e. The molecule has 1 unspecified atom stereocenters. The number of carbonyl (C=O) groups excluding carboxylic acids is 1. The van der Waals surface area contributed by atoms with Gasteiger partial charge in [0.15, 0.2) is 0 Å². The van der Waals surface area contributed by atoms with Crippen LogP contribution in [0.3, 0.4) is 0 Å². The van der Waals surface area contributed by atoms with E-state index in [1.807, 2.05) is 6.92 Å². The Morgan fingerprint density at radius 1 is 1.33 bits per heavy atom. The highest BCUT2D eigenvalue weighted by Crippen LogP contribution is 2.45. The van der Waals surface area contributed by atoms with Gasteiger partial charge in [-0.1, -0.05) is 17.7 Å². The lowest BCUT2D eigenvalue weighted by Gasteiger charge is -2.37. The largest absolute Gasteiger partial charge is 0.465 e. The van der Waals surface area contributed by atoms with E-state index in [0.717, 1.165) is 10.5 Å². The zero-order valence-electron chi connectivity index (χ0n) is 11.4. The monoisotopic (exact) mass is 300 g/mol. The van der Waals surface area contributed by atoms with Gasteiger partial charge in [0.1, 0.15) is 6.04 Å². The molecule has 21 heavy (non-hydrogen) atoms. The van der Waals surface area contributed by atoms with Crippen LogP contribution in [-0.4, -0.2) is 35.5 Å². The van der Waals surface area contributed by atoms with Gasteiger partial charge in [-0.15, -0.1) is 0 Å². The van der Waals surface area contributed by atoms with Crippen LogP contribution in [0.2, 0.25) is 0 Å². The topological polar surface area (TPSA) is 41.6 Å². The molecule has 0 bridgehead atoms. The number of rotatable bonds is 2. The molecule has 2 atom stereocenters. The average Bonchev–Trinajstić information content (AvgIpc) is 2.96. The summed E-state index contributed by atoms with van der Waals surface area (Å²) >= 11 is 0. The SMILES string of the molecule is Cc1ccc(NC2(C(F)(F)F)OC(=O)[C@H]3CCCN32)cc1. The molecule has 0 spiro atoms. The Bertz CT molecular complexity index is 558. The Morgan fingerprint density at radius 2 is 2.00 bits per heavy atom. The van der Waals surface area contributed by atoms with Gasteiger partial charge in [-0.05, 0) is 31.9 Å². The maximum atomic E-state index is 13.6. The molecule has 2 saturated heterocycles. The van der Waals surface area contributed by atoms with Gasteiger partial charge in [-0.3, -0.25) is 4.79 Å². The number of benzene rings is 1. The summed E-state index contributed by atoms with van der Waals surface area (Å²) in [5, 5.41) is 2.38. The standard InChI is InChI=1S/C14H15F3N2O2/c1-9-4-6-10(7-5-9)18-14(13(15,16)17)19-8-2-3-11(19)12(20)21-14/h4-7,11,18H,2-3,8H2,1H3/t11-,14?/m1/s1. The smallest absolute Gasteiger partial charge is 0.414 e. The van der Waals surface area contributed by atoms with Gasteiger partial charge in [0.2, 0.25) is 0 Å². The molecular formula is C14H15F3N2O2. The average molecular weight is 300 g/mol. The molecule has 2 heterocycles. The number of ether oxygens (including phenoxy) is 1. The second-order valence-corrected chi connectivity index (χ2v) is 5.41. The van der Waals surface area contributed by atoms with E-state index in [4.69, 9.17) is 4.74 Å². The summed E-state index contributed by atoms with van der Waals surface area (Å²) in [6, 6.07) is 5.67. The number of halogens is 3. The van der Waals surface area contributed by atoms with Crippen molar-refractivity contribution in [1.29, 1.82) is 0 Å². The molecule has 2 aliphatic rings. The van der Waals surface area contributed by atoms with Crippen molar-refractivity contribution in [1.82, 2.24) is 4.90 Å². The van der Waals surface area contributed by atoms with Gasteiger partial charge in [-0.25, -0.2) is 4.90 Å². The van der Waals surface area contributed by atoms with Crippen LogP contribution in [0.4, 0.5) is 18.9 Å². The number of anilines is 1. The summed E-state index contributed by atoms with van der Waals surface area (Å²) in [5.41, 5.74) is 1.20. The predicted octanol–water partition coefficient (Wildman–Crippen LogP) is 2.64. The van der Waals surface area contributed by atoms with Crippen molar-refractivity contribution >= 4 is 11.7 Å². The Kier molecular flexibility index (Phi) is 3.12. The second-order valence-electron chi connectivity index (χ2n) is 5.41. The molecule has 0 amide bonds. The van der Waals surface area contributed by atoms with Crippen molar-refractivity contribution < 1.29 is 22.7 Å². The summed E-state index contributed by atoms with van der Waals surface area (Å²) < 4.78 is 45.6. The third-order valence-corrected chi connectivity index (χ3v) is 3.93. The molecule has 1 aromatic carbocycles. The number of esters is 1. The Balaban J connectivity index is 1.98.